The van der Waals surface area contributed by atoms with Crippen molar-refractivity contribution in [2.24, 2.45) is 0 Å². The number of nitriles is 1. The Bertz CT molecular complexity index is 421. The van der Waals surface area contributed by atoms with Gasteiger partial charge in [0.25, 0.3) is 0 Å². The van der Waals surface area contributed by atoms with E-state index in [0.29, 0.717) is 21.6 Å². The Balaban J connectivity index is 3.30. The summed E-state index contributed by atoms with van der Waals surface area (Å²) >= 11 is 4.10. The maximum Gasteiger partial charge on any atom is 0.338 e. The number of rotatable bonds is 1. The number of carbonyl (C=O) groups excluding carboxylic acids is 1. The van der Waals surface area contributed by atoms with Crippen molar-refractivity contribution in [3.63, 3.8) is 0 Å². The van der Waals surface area contributed by atoms with Gasteiger partial charge in [0.05, 0.1) is 18.2 Å². The molecule has 14 heavy (non-hydrogen) atoms. The summed E-state index contributed by atoms with van der Waals surface area (Å²) in [6, 6.07) is 5.16. The van der Waals surface area contributed by atoms with Crippen molar-refractivity contribution in [3.8, 4) is 6.07 Å². The van der Waals surface area contributed by atoms with Crippen LogP contribution in [0.5, 0.6) is 0 Å². The van der Waals surface area contributed by atoms with E-state index in [1.807, 2.05) is 6.07 Å². The lowest BCUT2D eigenvalue weighted by molar-refractivity contribution is 0.0599. The van der Waals surface area contributed by atoms with Gasteiger partial charge < -0.3 is 4.74 Å². The highest BCUT2D eigenvalue weighted by Crippen LogP contribution is 2.19. The highest BCUT2D eigenvalue weighted by Gasteiger charge is 2.11. The number of hydrogen-bond acceptors (Lipinski definition) is 4. The zero-order valence-electron chi connectivity index (χ0n) is 7.87. The fourth-order valence-corrected chi connectivity index (χ4v) is 1.36. The number of aryl methyl sites for hydroxylation is 1. The van der Waals surface area contributed by atoms with Crippen LogP contribution in [-0.2, 0) is 4.74 Å². The van der Waals surface area contributed by atoms with Gasteiger partial charge in [-0.25, -0.2) is 4.79 Å². The molecule has 1 aromatic rings. The van der Waals surface area contributed by atoms with E-state index in [2.05, 4.69) is 17.4 Å². The van der Waals surface area contributed by atoms with Crippen molar-refractivity contribution >= 4 is 18.6 Å². The van der Waals surface area contributed by atoms with E-state index >= 15 is 0 Å². The van der Waals surface area contributed by atoms with Crippen LogP contribution in [0.3, 0.4) is 0 Å². The fraction of sp³-hybridized carbons (Fsp3) is 0.200. The molecule has 1 aromatic carbocycles. The van der Waals surface area contributed by atoms with Gasteiger partial charge in [0.15, 0.2) is 0 Å². The smallest absolute Gasteiger partial charge is 0.338 e. The molecule has 0 saturated carbocycles. The van der Waals surface area contributed by atoms with Gasteiger partial charge >= 0.3 is 5.97 Å². The predicted molar refractivity (Wildman–Crippen MR) is 54.5 cm³/mol. The molecular formula is C10H9NO2S. The number of benzene rings is 1. The molecule has 0 aliphatic carbocycles. The van der Waals surface area contributed by atoms with Gasteiger partial charge in [-0.1, -0.05) is 0 Å². The summed E-state index contributed by atoms with van der Waals surface area (Å²) in [6.07, 6.45) is 0. The Morgan fingerprint density at radius 1 is 1.57 bits per heavy atom. The molecule has 0 N–H and O–H groups in total. The van der Waals surface area contributed by atoms with E-state index in [-0.39, 0.29) is 0 Å². The summed E-state index contributed by atoms with van der Waals surface area (Å²) in [7, 11) is 1.32. The highest BCUT2D eigenvalue weighted by molar-refractivity contribution is 7.80. The molecule has 4 heteroatoms. The molecule has 0 spiro atoms. The Morgan fingerprint density at radius 3 is 2.71 bits per heavy atom. The molecule has 0 fully saturated rings. The lowest BCUT2D eigenvalue weighted by Crippen LogP contribution is -2.04. The van der Waals surface area contributed by atoms with Crippen LogP contribution in [0.1, 0.15) is 21.5 Å². The third-order valence-electron chi connectivity index (χ3n) is 1.87. The largest absolute Gasteiger partial charge is 0.465 e. The first kappa shape index (κ1) is 10.6. The molecule has 0 amide bonds. The number of carbonyl (C=O) groups is 1. The minimum Gasteiger partial charge on any atom is -0.465 e. The lowest BCUT2D eigenvalue weighted by atomic mass is 10.1. The second-order valence-electron chi connectivity index (χ2n) is 2.79. The first-order valence-electron chi connectivity index (χ1n) is 3.92. The molecule has 3 nitrogen and oxygen atoms in total. The van der Waals surface area contributed by atoms with Crippen LogP contribution in [0.2, 0.25) is 0 Å². The van der Waals surface area contributed by atoms with Crippen molar-refractivity contribution in [3.05, 3.63) is 28.8 Å². The number of ether oxygens (including phenoxy) is 1. The molecule has 0 unspecified atom stereocenters. The van der Waals surface area contributed by atoms with E-state index in [1.54, 1.807) is 19.1 Å². The van der Waals surface area contributed by atoms with E-state index in [1.165, 1.54) is 7.11 Å². The second kappa shape index (κ2) is 4.16. The van der Waals surface area contributed by atoms with Crippen LogP contribution in [0.4, 0.5) is 0 Å². The second-order valence-corrected chi connectivity index (χ2v) is 3.27. The van der Waals surface area contributed by atoms with Gasteiger partial charge in [-0.2, -0.15) is 5.26 Å². The number of esters is 1. The lowest BCUT2D eigenvalue weighted by Gasteiger charge is -2.05. The van der Waals surface area contributed by atoms with Crippen molar-refractivity contribution in [1.29, 1.82) is 5.26 Å². The molecule has 0 radical (unpaired) electrons. The summed E-state index contributed by atoms with van der Waals surface area (Å²) in [4.78, 5) is 11.7. The third-order valence-corrected chi connectivity index (χ3v) is 2.24. The monoisotopic (exact) mass is 207 g/mol. The standard InChI is InChI=1S/C10H9NO2S/c1-6-3-7(5-11)9(14)4-8(6)10(12)13-2/h3-4,14H,1-2H3. The minimum absolute atomic E-state index is 0.415. The molecule has 1 rings (SSSR count). The molecule has 0 aromatic heterocycles. The Labute approximate surface area is 87.7 Å². The summed E-state index contributed by atoms with van der Waals surface area (Å²) in [5, 5.41) is 8.71. The Kier molecular flexibility index (Phi) is 3.15. The van der Waals surface area contributed by atoms with E-state index in [9.17, 15) is 4.79 Å². The SMILES string of the molecule is COC(=O)c1cc(S)c(C#N)cc1C. The molecule has 0 aliphatic rings. The summed E-state index contributed by atoms with van der Waals surface area (Å²) < 4.78 is 4.59. The fourth-order valence-electron chi connectivity index (χ4n) is 1.12. The van der Waals surface area contributed by atoms with Crippen LogP contribution >= 0.6 is 12.6 Å². The maximum absolute atomic E-state index is 11.2. The molecule has 72 valence electrons. The van der Waals surface area contributed by atoms with Gasteiger partial charge in [0.1, 0.15) is 6.07 Å². The minimum atomic E-state index is -0.415. The number of nitrogens with zero attached hydrogens (tertiary/aromatic N) is 1. The quantitative estimate of drug-likeness (QED) is 0.565. The van der Waals surface area contributed by atoms with Crippen LogP contribution in [-0.4, -0.2) is 13.1 Å². The van der Waals surface area contributed by atoms with E-state index < -0.39 is 5.97 Å². The zero-order valence-corrected chi connectivity index (χ0v) is 8.76. The Morgan fingerprint density at radius 2 is 2.21 bits per heavy atom. The van der Waals surface area contributed by atoms with Crippen LogP contribution in [0.25, 0.3) is 0 Å². The van der Waals surface area contributed by atoms with Gasteiger partial charge in [-0.15, -0.1) is 12.6 Å². The predicted octanol–water partition coefficient (Wildman–Crippen LogP) is 1.94. The summed E-state index contributed by atoms with van der Waals surface area (Å²) in [6.45, 7) is 1.75. The van der Waals surface area contributed by atoms with E-state index in [4.69, 9.17) is 5.26 Å². The summed E-state index contributed by atoms with van der Waals surface area (Å²) in [5.41, 5.74) is 1.61. The molecule has 0 bridgehead atoms. The van der Waals surface area contributed by atoms with E-state index in [0.717, 1.165) is 0 Å². The van der Waals surface area contributed by atoms with Gasteiger partial charge in [-0.05, 0) is 24.6 Å². The summed E-state index contributed by atoms with van der Waals surface area (Å²) in [5.74, 6) is -0.415. The van der Waals surface area contributed by atoms with Gasteiger partial charge in [-0.3, -0.25) is 0 Å². The highest BCUT2D eigenvalue weighted by atomic mass is 32.1. The van der Waals surface area contributed by atoms with Crippen LogP contribution in [0, 0.1) is 18.3 Å². The van der Waals surface area contributed by atoms with Crippen LogP contribution in [0.15, 0.2) is 17.0 Å². The zero-order chi connectivity index (χ0) is 10.7. The number of methoxy groups -OCH3 is 1. The molecule has 0 atom stereocenters. The van der Waals surface area contributed by atoms with Gasteiger partial charge in [0, 0.05) is 4.90 Å². The molecule has 0 heterocycles. The van der Waals surface area contributed by atoms with Gasteiger partial charge in [0.2, 0.25) is 0 Å². The number of hydrogen-bond donors (Lipinski definition) is 1. The molecule has 0 aliphatic heterocycles. The van der Waals surface area contributed by atoms with Crippen molar-refractivity contribution in [2.75, 3.05) is 7.11 Å². The molecular weight excluding hydrogens is 198 g/mol. The first-order chi connectivity index (χ1) is 6.60. The van der Waals surface area contributed by atoms with Crippen molar-refractivity contribution in [1.82, 2.24) is 0 Å². The van der Waals surface area contributed by atoms with Crippen molar-refractivity contribution in [2.45, 2.75) is 11.8 Å². The average molecular weight is 207 g/mol. The Hall–Kier alpha value is -1.47. The molecule has 0 saturated heterocycles. The third kappa shape index (κ3) is 1.88. The van der Waals surface area contributed by atoms with Crippen molar-refractivity contribution < 1.29 is 9.53 Å². The normalized spacial score (nSPS) is 9.29. The first-order valence-corrected chi connectivity index (χ1v) is 4.37. The number of thiol groups is 1. The topological polar surface area (TPSA) is 50.1 Å². The maximum atomic E-state index is 11.2. The average Bonchev–Trinajstić information content (AvgIpc) is 2.19. The van der Waals surface area contributed by atoms with Crippen LogP contribution < -0.4 is 0 Å².